The minimum Gasteiger partial charge on any atom is -0.486 e. The fourth-order valence-electron chi connectivity index (χ4n) is 1.72. The first kappa shape index (κ1) is 12.0. The number of aryl methyl sites for hydroxylation is 1. The van der Waals surface area contributed by atoms with E-state index in [1.54, 1.807) is 19.1 Å². The fraction of sp³-hybridized carbons (Fsp3) is 0.462. The van der Waals surface area contributed by atoms with Crippen LogP contribution in [-0.4, -0.2) is 25.6 Å². The number of carbonyl (C=O) groups excluding carboxylic acids is 1. The van der Waals surface area contributed by atoms with Crippen LogP contribution in [0.15, 0.2) is 18.2 Å². The van der Waals surface area contributed by atoms with Gasteiger partial charge in [0.2, 0.25) is 0 Å². The number of ketones is 1. The molecule has 1 atom stereocenters. The van der Waals surface area contributed by atoms with Gasteiger partial charge in [-0.25, -0.2) is 4.39 Å². The monoisotopic (exact) mass is 238 g/mol. The van der Waals surface area contributed by atoms with Gasteiger partial charge in [0.05, 0.1) is 6.61 Å². The molecule has 0 saturated carbocycles. The quantitative estimate of drug-likeness (QED) is 0.806. The Labute approximate surface area is 99.5 Å². The third kappa shape index (κ3) is 3.03. The molecule has 1 unspecified atom stereocenters. The molecule has 1 aromatic rings. The zero-order valence-corrected chi connectivity index (χ0v) is 9.74. The van der Waals surface area contributed by atoms with Crippen LogP contribution in [0.25, 0.3) is 0 Å². The average molecular weight is 238 g/mol. The molecular weight excluding hydrogens is 223 g/mol. The highest BCUT2D eigenvalue weighted by molar-refractivity contribution is 5.82. The molecule has 2 rings (SSSR count). The van der Waals surface area contributed by atoms with Crippen LogP contribution in [0.4, 0.5) is 4.39 Å². The SMILES string of the molecule is Cc1ccc(OCC(=O)C2CCOC2)cc1F. The molecule has 4 heteroatoms. The molecule has 0 radical (unpaired) electrons. The highest BCUT2D eigenvalue weighted by atomic mass is 19.1. The van der Waals surface area contributed by atoms with Crippen molar-refractivity contribution in [3.63, 3.8) is 0 Å². The summed E-state index contributed by atoms with van der Waals surface area (Å²) in [6.45, 7) is 2.77. The molecule has 0 N–H and O–H groups in total. The number of hydrogen-bond donors (Lipinski definition) is 0. The molecule has 1 heterocycles. The summed E-state index contributed by atoms with van der Waals surface area (Å²) in [5.41, 5.74) is 0.563. The number of halogens is 1. The molecule has 1 aliphatic heterocycles. The van der Waals surface area contributed by atoms with Crippen molar-refractivity contribution in [2.75, 3.05) is 19.8 Å². The van der Waals surface area contributed by atoms with Crippen molar-refractivity contribution in [3.05, 3.63) is 29.6 Å². The maximum Gasteiger partial charge on any atom is 0.175 e. The van der Waals surface area contributed by atoms with E-state index < -0.39 is 0 Å². The van der Waals surface area contributed by atoms with Gasteiger partial charge >= 0.3 is 0 Å². The Hall–Kier alpha value is -1.42. The number of rotatable bonds is 4. The molecule has 3 nitrogen and oxygen atoms in total. The predicted octanol–water partition coefficient (Wildman–Crippen LogP) is 2.12. The van der Waals surface area contributed by atoms with Crippen LogP contribution in [0.2, 0.25) is 0 Å². The zero-order valence-electron chi connectivity index (χ0n) is 9.74. The Morgan fingerprint density at radius 2 is 2.41 bits per heavy atom. The Morgan fingerprint density at radius 3 is 3.06 bits per heavy atom. The normalized spacial score (nSPS) is 19.3. The van der Waals surface area contributed by atoms with Gasteiger partial charge in [0, 0.05) is 18.6 Å². The van der Waals surface area contributed by atoms with Crippen molar-refractivity contribution in [2.45, 2.75) is 13.3 Å². The standard InChI is InChI=1S/C13H15FO3/c1-9-2-3-11(6-12(9)14)17-8-13(15)10-4-5-16-7-10/h2-3,6,10H,4-5,7-8H2,1H3. The fourth-order valence-corrected chi connectivity index (χ4v) is 1.72. The highest BCUT2D eigenvalue weighted by Gasteiger charge is 2.23. The van der Waals surface area contributed by atoms with Crippen LogP contribution in [0, 0.1) is 18.7 Å². The second-order valence-electron chi connectivity index (χ2n) is 4.23. The maximum absolute atomic E-state index is 13.2. The molecule has 1 saturated heterocycles. The van der Waals surface area contributed by atoms with E-state index in [0.29, 0.717) is 24.5 Å². The number of carbonyl (C=O) groups is 1. The van der Waals surface area contributed by atoms with Crippen LogP contribution < -0.4 is 4.74 Å². The number of benzene rings is 1. The smallest absolute Gasteiger partial charge is 0.175 e. The molecule has 1 fully saturated rings. The molecule has 0 aliphatic carbocycles. The largest absolute Gasteiger partial charge is 0.486 e. The van der Waals surface area contributed by atoms with Gasteiger partial charge in [0.25, 0.3) is 0 Å². The van der Waals surface area contributed by atoms with Gasteiger partial charge in [-0.15, -0.1) is 0 Å². The van der Waals surface area contributed by atoms with Crippen LogP contribution in [-0.2, 0) is 9.53 Å². The lowest BCUT2D eigenvalue weighted by Crippen LogP contribution is -2.21. The molecule has 0 spiro atoms. The van der Waals surface area contributed by atoms with Gasteiger partial charge in [-0.05, 0) is 25.0 Å². The van der Waals surface area contributed by atoms with E-state index in [4.69, 9.17) is 9.47 Å². The van der Waals surface area contributed by atoms with Gasteiger partial charge in [0.1, 0.15) is 18.2 Å². The first-order valence-electron chi connectivity index (χ1n) is 5.66. The van der Waals surface area contributed by atoms with Crippen molar-refractivity contribution in [2.24, 2.45) is 5.92 Å². The van der Waals surface area contributed by atoms with Crippen LogP contribution in [0.1, 0.15) is 12.0 Å². The third-order valence-corrected chi connectivity index (χ3v) is 2.91. The minimum absolute atomic E-state index is 0.0171. The maximum atomic E-state index is 13.2. The van der Waals surface area contributed by atoms with Crippen LogP contribution in [0.5, 0.6) is 5.75 Å². The van der Waals surface area contributed by atoms with E-state index in [-0.39, 0.29) is 24.1 Å². The zero-order chi connectivity index (χ0) is 12.3. The van der Waals surface area contributed by atoms with Crippen LogP contribution >= 0.6 is 0 Å². The summed E-state index contributed by atoms with van der Waals surface area (Å²) >= 11 is 0. The van der Waals surface area contributed by atoms with Gasteiger partial charge in [-0.3, -0.25) is 4.79 Å². The van der Waals surface area contributed by atoms with E-state index >= 15 is 0 Å². The Morgan fingerprint density at radius 1 is 1.59 bits per heavy atom. The molecular formula is C13H15FO3. The lowest BCUT2D eigenvalue weighted by atomic mass is 10.0. The second kappa shape index (κ2) is 5.27. The van der Waals surface area contributed by atoms with Gasteiger partial charge in [-0.2, -0.15) is 0 Å². The minimum atomic E-state index is -0.320. The third-order valence-electron chi connectivity index (χ3n) is 2.91. The lowest BCUT2D eigenvalue weighted by molar-refractivity contribution is -0.124. The Kier molecular flexibility index (Phi) is 3.74. The van der Waals surface area contributed by atoms with Gasteiger partial charge in [-0.1, -0.05) is 6.07 Å². The first-order chi connectivity index (χ1) is 8.16. The predicted molar refractivity (Wildman–Crippen MR) is 60.6 cm³/mol. The molecule has 17 heavy (non-hydrogen) atoms. The molecule has 1 aliphatic rings. The summed E-state index contributed by atoms with van der Waals surface area (Å²) in [5.74, 6) is 0.0216. The van der Waals surface area contributed by atoms with Crippen molar-refractivity contribution < 1.29 is 18.7 Å². The van der Waals surface area contributed by atoms with Crippen molar-refractivity contribution >= 4 is 5.78 Å². The Balaban J connectivity index is 1.88. The van der Waals surface area contributed by atoms with E-state index in [2.05, 4.69) is 0 Å². The van der Waals surface area contributed by atoms with Gasteiger partial charge in [0.15, 0.2) is 5.78 Å². The highest BCUT2D eigenvalue weighted by Crippen LogP contribution is 2.17. The summed E-state index contributed by atoms with van der Waals surface area (Å²) < 4.78 is 23.6. The lowest BCUT2D eigenvalue weighted by Gasteiger charge is -2.09. The van der Waals surface area contributed by atoms with E-state index in [9.17, 15) is 9.18 Å². The summed E-state index contributed by atoms with van der Waals surface area (Å²) in [4.78, 5) is 11.7. The average Bonchev–Trinajstić information content (AvgIpc) is 2.84. The molecule has 92 valence electrons. The van der Waals surface area contributed by atoms with Crippen molar-refractivity contribution in [1.29, 1.82) is 0 Å². The number of Topliss-reactive ketones (excluding diaryl/α,β-unsaturated/α-hetero) is 1. The van der Waals surface area contributed by atoms with Crippen LogP contribution in [0.3, 0.4) is 0 Å². The van der Waals surface area contributed by atoms with Gasteiger partial charge < -0.3 is 9.47 Å². The molecule has 1 aromatic carbocycles. The number of hydrogen-bond acceptors (Lipinski definition) is 3. The second-order valence-corrected chi connectivity index (χ2v) is 4.23. The van der Waals surface area contributed by atoms with E-state index in [0.717, 1.165) is 6.42 Å². The van der Waals surface area contributed by atoms with E-state index in [1.165, 1.54) is 6.07 Å². The summed E-state index contributed by atoms with van der Waals surface area (Å²) in [6, 6.07) is 4.60. The van der Waals surface area contributed by atoms with E-state index in [1.807, 2.05) is 0 Å². The molecule has 0 amide bonds. The first-order valence-corrected chi connectivity index (χ1v) is 5.66. The summed E-state index contributed by atoms with van der Waals surface area (Å²) in [6.07, 6.45) is 0.754. The molecule has 0 aromatic heterocycles. The van der Waals surface area contributed by atoms with Crippen molar-refractivity contribution in [3.8, 4) is 5.75 Å². The summed E-state index contributed by atoms with van der Waals surface area (Å²) in [5, 5.41) is 0. The van der Waals surface area contributed by atoms with Crippen molar-refractivity contribution in [1.82, 2.24) is 0 Å². The number of ether oxygens (including phenoxy) is 2. The Bertz CT molecular complexity index is 411. The topological polar surface area (TPSA) is 35.5 Å². The molecule has 0 bridgehead atoms. The summed E-state index contributed by atoms with van der Waals surface area (Å²) in [7, 11) is 0.